The molecule has 50 heavy (non-hydrogen) atoms. The van der Waals surface area contributed by atoms with E-state index in [9.17, 15) is 66.9 Å². The molecule has 22 nitrogen and oxygen atoms in total. The molecule has 3 rings (SSSR count). The van der Waals surface area contributed by atoms with Gasteiger partial charge in [0.2, 0.25) is 12.2 Å². The third-order valence-corrected chi connectivity index (χ3v) is 8.82. The second kappa shape index (κ2) is 15.5. The van der Waals surface area contributed by atoms with Crippen LogP contribution in [0.15, 0.2) is 70.5 Å². The van der Waals surface area contributed by atoms with E-state index >= 15 is 0 Å². The molecule has 0 fully saturated rings. The summed E-state index contributed by atoms with van der Waals surface area (Å²) in [4.78, 5) is 65.7. The predicted octanol–water partition coefficient (Wildman–Crippen LogP) is 3.34. The van der Waals surface area contributed by atoms with Gasteiger partial charge in [-0.05, 0) is 44.2 Å². The summed E-state index contributed by atoms with van der Waals surface area (Å²) < 4.78 is 72.9. The fraction of sp³-hybridized carbons (Fsp3) is 0.231. The van der Waals surface area contributed by atoms with Crippen molar-refractivity contribution in [3.8, 4) is 0 Å². The maximum absolute atomic E-state index is 13.4. The van der Waals surface area contributed by atoms with E-state index < -0.39 is 121 Å². The molecule has 3 aromatic rings. The Bertz CT molecular complexity index is 1890. The molecular formula is C26H22N4O18S2. The van der Waals surface area contributed by atoms with E-state index in [0.717, 1.165) is 42.5 Å². The third kappa shape index (κ3) is 8.35. The van der Waals surface area contributed by atoms with Gasteiger partial charge in [0.05, 0.1) is 42.7 Å². The molecule has 0 aliphatic carbocycles. The van der Waals surface area contributed by atoms with Gasteiger partial charge in [0.1, 0.15) is 11.1 Å². The molecule has 0 aliphatic heterocycles. The molecule has 0 aliphatic rings. The van der Waals surface area contributed by atoms with Gasteiger partial charge >= 0.3 is 11.9 Å². The summed E-state index contributed by atoms with van der Waals surface area (Å²) in [6.45, 7) is 1.62. The molecule has 0 saturated heterocycles. The second-order valence-electron chi connectivity index (χ2n) is 9.29. The van der Waals surface area contributed by atoms with E-state index in [-0.39, 0.29) is 0 Å². The highest BCUT2D eigenvalue weighted by Gasteiger charge is 2.43. The summed E-state index contributed by atoms with van der Waals surface area (Å²) in [5, 5.41) is 46.8. The SMILES string of the molecule is CCOC(=O)C(OS(=O)(=O)c1cccc(S(=O)(=O)OC(C(=O)OCC)c2c([N+](=O)[O-])cccc2[N+](=O)[O-])c1)c1c([N+](=O)[O-])cccc1[N+](=O)[O-]. The molecule has 2 unspecified atom stereocenters. The van der Waals surface area contributed by atoms with Gasteiger partial charge in [0.15, 0.2) is 0 Å². The van der Waals surface area contributed by atoms with E-state index in [1.165, 1.54) is 13.8 Å². The molecule has 0 spiro atoms. The third-order valence-electron chi connectivity index (χ3n) is 6.26. The van der Waals surface area contributed by atoms with Crippen LogP contribution >= 0.6 is 0 Å². The number of carbonyl (C=O) groups excluding carboxylic acids is 2. The maximum atomic E-state index is 13.4. The van der Waals surface area contributed by atoms with Crippen molar-refractivity contribution in [3.63, 3.8) is 0 Å². The number of nitro groups is 4. The van der Waals surface area contributed by atoms with Crippen molar-refractivity contribution in [2.75, 3.05) is 13.2 Å². The van der Waals surface area contributed by atoms with Gasteiger partial charge in [-0.1, -0.05) is 6.07 Å². The predicted molar refractivity (Wildman–Crippen MR) is 161 cm³/mol. The molecule has 2 atom stereocenters. The van der Waals surface area contributed by atoms with Crippen molar-refractivity contribution in [3.05, 3.63) is 112 Å². The topological polar surface area (TPSA) is 312 Å². The minimum absolute atomic E-state index is 0.344. The van der Waals surface area contributed by atoms with Gasteiger partial charge in [-0.2, -0.15) is 16.8 Å². The molecule has 0 N–H and O–H groups in total. The van der Waals surface area contributed by atoms with E-state index in [4.69, 9.17) is 17.8 Å². The van der Waals surface area contributed by atoms with Crippen LogP contribution in [0.2, 0.25) is 0 Å². The maximum Gasteiger partial charge on any atom is 0.342 e. The van der Waals surface area contributed by atoms with Gasteiger partial charge in [-0.25, -0.2) is 18.0 Å². The molecule has 0 aromatic heterocycles. The molecular weight excluding hydrogens is 720 g/mol. The molecule has 0 amide bonds. The summed E-state index contributed by atoms with van der Waals surface area (Å²) in [6, 6.07) is 7.18. The van der Waals surface area contributed by atoms with Crippen LogP contribution in [0.3, 0.4) is 0 Å². The van der Waals surface area contributed by atoms with Crippen LogP contribution in [-0.4, -0.2) is 61.7 Å². The Morgan fingerprint density at radius 3 is 1.12 bits per heavy atom. The smallest absolute Gasteiger partial charge is 0.342 e. The molecule has 0 saturated carbocycles. The lowest BCUT2D eigenvalue weighted by Gasteiger charge is -2.18. The van der Waals surface area contributed by atoms with Crippen molar-refractivity contribution in [2.24, 2.45) is 0 Å². The fourth-order valence-corrected chi connectivity index (χ4v) is 6.44. The first kappa shape index (κ1) is 38.5. The number of nitrogens with zero attached hydrogens (tertiary/aromatic N) is 4. The van der Waals surface area contributed by atoms with Gasteiger partial charge in [-0.3, -0.25) is 40.5 Å². The quantitative estimate of drug-likeness (QED) is 0.0878. The first-order valence-corrected chi connectivity index (χ1v) is 16.3. The van der Waals surface area contributed by atoms with Crippen molar-refractivity contribution < 1.29 is 64.0 Å². The molecule has 0 bridgehead atoms. The summed E-state index contributed by atoms with van der Waals surface area (Å²) in [6.07, 6.45) is -5.35. The second-order valence-corrected chi connectivity index (χ2v) is 12.4. The molecule has 266 valence electrons. The van der Waals surface area contributed by atoms with Crippen LogP contribution in [0.1, 0.15) is 37.2 Å². The normalized spacial score (nSPS) is 12.7. The van der Waals surface area contributed by atoms with Gasteiger partial charge in [-0.15, -0.1) is 0 Å². The number of hydrogen-bond donors (Lipinski definition) is 0. The summed E-state index contributed by atoms with van der Waals surface area (Å²) in [5.41, 5.74) is -6.67. The Balaban J connectivity index is 2.17. The first-order chi connectivity index (χ1) is 23.4. The van der Waals surface area contributed by atoms with Crippen molar-refractivity contribution in [1.29, 1.82) is 0 Å². The minimum atomic E-state index is -5.42. The number of esters is 2. The highest BCUT2D eigenvalue weighted by molar-refractivity contribution is 7.87. The van der Waals surface area contributed by atoms with Crippen LogP contribution in [-0.2, 0) is 47.7 Å². The van der Waals surface area contributed by atoms with Crippen molar-refractivity contribution in [1.82, 2.24) is 0 Å². The number of ether oxygens (including phenoxy) is 2. The monoisotopic (exact) mass is 742 g/mol. The van der Waals surface area contributed by atoms with E-state index in [1.807, 2.05) is 0 Å². The lowest BCUT2D eigenvalue weighted by Crippen LogP contribution is -2.25. The standard InChI is InChI=1S/C26H22N4O18S2/c1-3-45-25(31)23(21-17(27(33)34)10-6-11-18(21)28(35)36)47-49(41,42)15-8-5-9-16(14-15)50(43,44)48-24(26(32)46-4-2)22-19(29(37)38)12-7-13-20(22)30(39)40/h5-14,23-24H,3-4H2,1-2H3. The Morgan fingerprint density at radius 1 is 0.580 bits per heavy atom. The Labute approximate surface area is 280 Å². The Kier molecular flexibility index (Phi) is 11.9. The lowest BCUT2D eigenvalue weighted by atomic mass is 10.0. The zero-order valence-corrected chi connectivity index (χ0v) is 26.9. The number of benzene rings is 3. The van der Waals surface area contributed by atoms with Gasteiger partial charge in [0.25, 0.3) is 43.0 Å². The molecule has 24 heteroatoms. The summed E-state index contributed by atoms with van der Waals surface area (Å²) in [5.74, 6) is -3.24. The molecule has 0 heterocycles. The van der Waals surface area contributed by atoms with Crippen LogP contribution in [0, 0.1) is 40.5 Å². The van der Waals surface area contributed by atoms with Crippen LogP contribution in [0.5, 0.6) is 0 Å². The lowest BCUT2D eigenvalue weighted by molar-refractivity contribution is -0.396. The minimum Gasteiger partial charge on any atom is -0.464 e. The van der Waals surface area contributed by atoms with Crippen LogP contribution in [0.25, 0.3) is 0 Å². The zero-order valence-electron chi connectivity index (χ0n) is 25.3. The summed E-state index contributed by atoms with van der Waals surface area (Å²) >= 11 is 0. The van der Waals surface area contributed by atoms with Crippen molar-refractivity contribution >= 4 is 54.9 Å². The Morgan fingerprint density at radius 2 is 0.860 bits per heavy atom. The number of rotatable bonds is 16. The summed E-state index contributed by atoms with van der Waals surface area (Å²) in [7, 11) is -10.8. The molecule has 0 radical (unpaired) electrons. The highest BCUT2D eigenvalue weighted by atomic mass is 32.2. The van der Waals surface area contributed by atoms with Crippen LogP contribution in [0.4, 0.5) is 22.7 Å². The number of nitro benzene ring substituents is 4. The highest BCUT2D eigenvalue weighted by Crippen LogP contribution is 2.40. The van der Waals surface area contributed by atoms with Crippen molar-refractivity contribution in [2.45, 2.75) is 35.8 Å². The van der Waals surface area contributed by atoms with Gasteiger partial charge < -0.3 is 9.47 Å². The number of hydrogen-bond acceptors (Lipinski definition) is 18. The van der Waals surface area contributed by atoms with E-state index in [1.54, 1.807) is 0 Å². The Hall–Kier alpha value is -5.98. The average Bonchev–Trinajstić information content (AvgIpc) is 3.05. The largest absolute Gasteiger partial charge is 0.464 e. The van der Waals surface area contributed by atoms with Gasteiger partial charge in [0, 0.05) is 24.3 Å². The molecule has 3 aromatic carbocycles. The van der Waals surface area contributed by atoms with E-state index in [0.29, 0.717) is 18.2 Å². The number of carbonyl (C=O) groups is 2. The fourth-order valence-electron chi connectivity index (χ4n) is 4.25. The van der Waals surface area contributed by atoms with E-state index in [2.05, 4.69) is 0 Å². The zero-order chi connectivity index (χ0) is 37.6. The first-order valence-electron chi connectivity index (χ1n) is 13.5. The average molecular weight is 743 g/mol. The van der Waals surface area contributed by atoms with Crippen LogP contribution < -0.4 is 0 Å².